The number of hydrogen-bond donors (Lipinski definition) is 2. The molecule has 0 heterocycles. The number of carbonyl (C=O) groups excluding carboxylic acids is 1. The number of primary amides is 1. The topological polar surface area (TPSA) is 55.1 Å². The van der Waals surface area contributed by atoms with Crippen molar-refractivity contribution in [3.63, 3.8) is 0 Å². The molecule has 3 rings (SSSR count). The predicted molar refractivity (Wildman–Crippen MR) is 80.5 cm³/mol. The Morgan fingerprint density at radius 1 is 1.00 bits per heavy atom. The average molecular weight is 266 g/mol. The highest BCUT2D eigenvalue weighted by molar-refractivity contribution is 5.88. The maximum atomic E-state index is 12.1. The number of aryl methyl sites for hydroxylation is 1. The Bertz CT molecular complexity index is 624. The average Bonchev–Trinajstić information content (AvgIpc) is 2.48. The monoisotopic (exact) mass is 266 g/mol. The van der Waals surface area contributed by atoms with Crippen LogP contribution in [-0.2, 0) is 17.6 Å². The molecule has 1 amide bonds. The van der Waals surface area contributed by atoms with Gasteiger partial charge in [0.2, 0.25) is 5.91 Å². The molecule has 102 valence electrons. The standard InChI is InChI=1S/C17H18N2O/c18-16(20)17(19-15-8-2-1-3-9-15)11-10-13-6-4-5-7-14(13)12-17/h1-9,19H,10-12H2,(H2,18,20). The van der Waals surface area contributed by atoms with Crippen molar-refractivity contribution in [3.05, 3.63) is 65.7 Å². The van der Waals surface area contributed by atoms with Gasteiger partial charge < -0.3 is 11.1 Å². The lowest BCUT2D eigenvalue weighted by molar-refractivity contribution is -0.122. The lowest BCUT2D eigenvalue weighted by atomic mass is 9.77. The van der Waals surface area contributed by atoms with E-state index < -0.39 is 5.54 Å². The third-order valence-corrected chi connectivity index (χ3v) is 4.06. The van der Waals surface area contributed by atoms with Crippen LogP contribution >= 0.6 is 0 Å². The fourth-order valence-electron chi connectivity index (χ4n) is 2.91. The normalized spacial score (nSPS) is 21.0. The number of fused-ring (bicyclic) bond motifs is 1. The Morgan fingerprint density at radius 2 is 1.65 bits per heavy atom. The van der Waals surface area contributed by atoms with E-state index in [0.717, 1.165) is 18.5 Å². The molecule has 0 fully saturated rings. The van der Waals surface area contributed by atoms with E-state index in [4.69, 9.17) is 5.73 Å². The lowest BCUT2D eigenvalue weighted by Gasteiger charge is -2.37. The lowest BCUT2D eigenvalue weighted by Crippen LogP contribution is -2.54. The van der Waals surface area contributed by atoms with Gasteiger partial charge in [0.25, 0.3) is 0 Å². The van der Waals surface area contributed by atoms with Crippen LogP contribution in [0.15, 0.2) is 54.6 Å². The molecular weight excluding hydrogens is 248 g/mol. The third kappa shape index (κ3) is 2.27. The van der Waals surface area contributed by atoms with Crippen molar-refractivity contribution in [2.24, 2.45) is 5.73 Å². The van der Waals surface area contributed by atoms with Crippen LogP contribution < -0.4 is 11.1 Å². The van der Waals surface area contributed by atoms with E-state index in [-0.39, 0.29) is 5.91 Å². The van der Waals surface area contributed by atoms with Crippen LogP contribution in [0.5, 0.6) is 0 Å². The van der Waals surface area contributed by atoms with Gasteiger partial charge in [0.1, 0.15) is 5.54 Å². The van der Waals surface area contributed by atoms with Crippen molar-refractivity contribution in [1.29, 1.82) is 0 Å². The smallest absolute Gasteiger partial charge is 0.243 e. The Morgan fingerprint density at radius 3 is 2.35 bits per heavy atom. The Hall–Kier alpha value is -2.29. The highest BCUT2D eigenvalue weighted by Crippen LogP contribution is 2.31. The predicted octanol–water partition coefficient (Wildman–Crippen LogP) is 2.51. The minimum absolute atomic E-state index is 0.282. The molecule has 1 unspecified atom stereocenters. The minimum atomic E-state index is -0.685. The molecule has 20 heavy (non-hydrogen) atoms. The fraction of sp³-hybridized carbons (Fsp3) is 0.235. The van der Waals surface area contributed by atoms with E-state index in [0.29, 0.717) is 6.42 Å². The highest BCUT2D eigenvalue weighted by atomic mass is 16.1. The number of nitrogens with two attached hydrogens (primary N) is 1. The molecule has 0 saturated heterocycles. The molecule has 1 aliphatic rings. The Labute approximate surface area is 118 Å². The second kappa shape index (κ2) is 5.00. The van der Waals surface area contributed by atoms with E-state index in [2.05, 4.69) is 17.4 Å². The van der Waals surface area contributed by atoms with Crippen LogP contribution in [0.25, 0.3) is 0 Å². The molecule has 3 heteroatoms. The van der Waals surface area contributed by atoms with Crippen molar-refractivity contribution in [3.8, 4) is 0 Å². The van der Waals surface area contributed by atoms with Crippen molar-refractivity contribution in [1.82, 2.24) is 0 Å². The quantitative estimate of drug-likeness (QED) is 0.897. The summed E-state index contributed by atoms with van der Waals surface area (Å²) >= 11 is 0. The molecule has 0 saturated carbocycles. The minimum Gasteiger partial charge on any atom is -0.371 e. The number of hydrogen-bond acceptors (Lipinski definition) is 2. The SMILES string of the molecule is NC(=O)C1(Nc2ccccc2)CCc2ccccc2C1. The zero-order valence-electron chi connectivity index (χ0n) is 11.3. The molecule has 0 spiro atoms. The van der Waals surface area contributed by atoms with Gasteiger partial charge in [-0.1, -0.05) is 42.5 Å². The number of amides is 1. The van der Waals surface area contributed by atoms with Gasteiger partial charge in [0.05, 0.1) is 0 Å². The first-order valence-corrected chi connectivity index (χ1v) is 6.90. The van der Waals surface area contributed by atoms with Gasteiger partial charge in [0, 0.05) is 12.1 Å². The highest BCUT2D eigenvalue weighted by Gasteiger charge is 2.39. The summed E-state index contributed by atoms with van der Waals surface area (Å²) in [5.41, 5.74) is 8.48. The van der Waals surface area contributed by atoms with E-state index in [1.807, 2.05) is 42.5 Å². The van der Waals surface area contributed by atoms with Gasteiger partial charge in [-0.3, -0.25) is 4.79 Å². The second-order valence-electron chi connectivity index (χ2n) is 5.38. The molecule has 1 aliphatic carbocycles. The summed E-state index contributed by atoms with van der Waals surface area (Å²) < 4.78 is 0. The van der Waals surface area contributed by atoms with Crippen molar-refractivity contribution >= 4 is 11.6 Å². The number of anilines is 1. The fourth-order valence-corrected chi connectivity index (χ4v) is 2.91. The van der Waals surface area contributed by atoms with Crippen LogP contribution in [0.4, 0.5) is 5.69 Å². The van der Waals surface area contributed by atoms with Crippen molar-refractivity contribution in [2.45, 2.75) is 24.8 Å². The molecular formula is C17H18N2O. The number of carbonyl (C=O) groups is 1. The first-order chi connectivity index (χ1) is 9.70. The second-order valence-corrected chi connectivity index (χ2v) is 5.38. The molecule has 2 aromatic carbocycles. The summed E-state index contributed by atoms with van der Waals surface area (Å²) in [6, 6.07) is 18.1. The largest absolute Gasteiger partial charge is 0.371 e. The first-order valence-electron chi connectivity index (χ1n) is 6.90. The summed E-state index contributed by atoms with van der Waals surface area (Å²) in [6.45, 7) is 0. The van der Waals surface area contributed by atoms with E-state index in [1.54, 1.807) is 0 Å². The summed E-state index contributed by atoms with van der Waals surface area (Å²) in [6.07, 6.45) is 2.25. The summed E-state index contributed by atoms with van der Waals surface area (Å²) in [5.74, 6) is -0.282. The van der Waals surface area contributed by atoms with Crippen LogP contribution in [0.3, 0.4) is 0 Å². The van der Waals surface area contributed by atoms with Crippen LogP contribution in [0, 0.1) is 0 Å². The summed E-state index contributed by atoms with van der Waals surface area (Å²) in [5, 5.41) is 3.36. The van der Waals surface area contributed by atoms with Gasteiger partial charge in [-0.2, -0.15) is 0 Å². The Balaban J connectivity index is 1.93. The molecule has 0 bridgehead atoms. The third-order valence-electron chi connectivity index (χ3n) is 4.06. The number of benzene rings is 2. The van der Waals surface area contributed by atoms with Gasteiger partial charge >= 0.3 is 0 Å². The first kappa shape index (κ1) is 12.7. The zero-order valence-corrected chi connectivity index (χ0v) is 11.3. The Kier molecular flexibility index (Phi) is 3.18. The molecule has 3 nitrogen and oxygen atoms in total. The van der Waals surface area contributed by atoms with Gasteiger partial charge in [-0.15, -0.1) is 0 Å². The molecule has 0 radical (unpaired) electrons. The summed E-state index contributed by atoms with van der Waals surface area (Å²) in [4.78, 5) is 12.1. The molecule has 3 N–H and O–H groups in total. The van der Waals surface area contributed by atoms with Crippen LogP contribution in [0.2, 0.25) is 0 Å². The number of para-hydroxylation sites is 1. The van der Waals surface area contributed by atoms with Crippen molar-refractivity contribution in [2.75, 3.05) is 5.32 Å². The summed E-state index contributed by atoms with van der Waals surface area (Å²) in [7, 11) is 0. The number of nitrogens with one attached hydrogen (secondary N) is 1. The van der Waals surface area contributed by atoms with Gasteiger partial charge in [0.15, 0.2) is 0 Å². The molecule has 0 aliphatic heterocycles. The molecule has 1 atom stereocenters. The molecule has 0 aromatic heterocycles. The van der Waals surface area contributed by atoms with Gasteiger partial charge in [-0.05, 0) is 36.1 Å². The van der Waals surface area contributed by atoms with Crippen LogP contribution in [-0.4, -0.2) is 11.4 Å². The van der Waals surface area contributed by atoms with E-state index >= 15 is 0 Å². The van der Waals surface area contributed by atoms with Crippen molar-refractivity contribution < 1.29 is 4.79 Å². The maximum Gasteiger partial charge on any atom is 0.243 e. The van der Waals surface area contributed by atoms with E-state index in [1.165, 1.54) is 11.1 Å². The molecule has 2 aromatic rings. The van der Waals surface area contributed by atoms with E-state index in [9.17, 15) is 4.79 Å². The van der Waals surface area contributed by atoms with Crippen LogP contribution in [0.1, 0.15) is 17.5 Å². The number of rotatable bonds is 3. The zero-order chi connectivity index (χ0) is 14.0. The maximum absolute atomic E-state index is 12.1. The van der Waals surface area contributed by atoms with Gasteiger partial charge in [-0.25, -0.2) is 0 Å².